The van der Waals surface area contributed by atoms with Gasteiger partial charge in [0.2, 0.25) is 0 Å². The maximum atomic E-state index is 13.8. The number of hydrogen-bond donors (Lipinski definition) is 0. The maximum absolute atomic E-state index is 13.8. The second kappa shape index (κ2) is 6.04. The molecule has 138 valence electrons. The second-order valence-corrected chi connectivity index (χ2v) is 7.14. The van der Waals surface area contributed by atoms with Crippen LogP contribution in [0, 0.1) is 17.7 Å². The zero-order valence-corrected chi connectivity index (χ0v) is 14.9. The Balaban J connectivity index is 1.54. The van der Waals surface area contributed by atoms with E-state index in [1.165, 1.54) is 18.7 Å². The number of fused-ring (bicyclic) bond motifs is 2. The largest absolute Gasteiger partial charge is 0.462 e. The summed E-state index contributed by atoms with van der Waals surface area (Å²) in [6.07, 6.45) is 4.45. The van der Waals surface area contributed by atoms with Crippen LogP contribution in [0.15, 0.2) is 42.7 Å². The molecule has 0 N–H and O–H groups in total. The van der Waals surface area contributed by atoms with Gasteiger partial charge in [0.05, 0.1) is 18.8 Å². The molecule has 3 heterocycles. The minimum atomic E-state index is -0.428. The highest BCUT2D eigenvalue weighted by Gasteiger charge is 2.53. The number of carbonyl (C=O) groups is 1. The Bertz CT molecular complexity index is 1030. The predicted octanol–water partition coefficient (Wildman–Crippen LogP) is 3.24. The van der Waals surface area contributed by atoms with E-state index in [1.807, 2.05) is 12.1 Å². The van der Waals surface area contributed by atoms with Crippen LogP contribution < -0.4 is 4.90 Å². The monoisotopic (exact) mass is 366 g/mol. The number of halogens is 1. The van der Waals surface area contributed by atoms with E-state index in [0.717, 1.165) is 17.9 Å². The lowest BCUT2D eigenvalue weighted by Gasteiger charge is -2.29. The van der Waals surface area contributed by atoms with E-state index in [0.29, 0.717) is 29.7 Å². The average Bonchev–Trinajstić information content (AvgIpc) is 3.13. The third-order valence-electron chi connectivity index (χ3n) is 5.48. The van der Waals surface area contributed by atoms with Gasteiger partial charge in [0.1, 0.15) is 17.2 Å². The molecule has 3 unspecified atom stereocenters. The highest BCUT2D eigenvalue weighted by molar-refractivity contribution is 5.95. The number of aromatic nitrogens is 3. The number of benzene rings is 1. The molecule has 7 heteroatoms. The Morgan fingerprint density at radius 1 is 1.37 bits per heavy atom. The van der Waals surface area contributed by atoms with Crippen LogP contribution in [-0.2, 0) is 4.74 Å². The molecule has 3 aromatic rings. The predicted molar refractivity (Wildman–Crippen MR) is 97.0 cm³/mol. The lowest BCUT2D eigenvalue weighted by atomic mass is 10.0. The van der Waals surface area contributed by atoms with Crippen molar-refractivity contribution in [2.75, 3.05) is 18.1 Å². The van der Waals surface area contributed by atoms with Crippen molar-refractivity contribution < 1.29 is 13.9 Å². The van der Waals surface area contributed by atoms with Gasteiger partial charge in [-0.2, -0.15) is 5.10 Å². The molecular formula is C20H19FN4O2. The van der Waals surface area contributed by atoms with Gasteiger partial charge in [0.25, 0.3) is 0 Å². The first-order valence-corrected chi connectivity index (χ1v) is 9.19. The van der Waals surface area contributed by atoms with Crippen molar-refractivity contribution in [1.29, 1.82) is 0 Å². The van der Waals surface area contributed by atoms with E-state index in [-0.39, 0.29) is 11.9 Å². The lowest BCUT2D eigenvalue weighted by Crippen LogP contribution is -2.27. The van der Waals surface area contributed by atoms with Crippen molar-refractivity contribution in [3.05, 3.63) is 59.7 Å². The first-order valence-electron chi connectivity index (χ1n) is 9.19. The molecule has 1 aliphatic carbocycles. The fraction of sp³-hybridized carbons (Fsp3) is 0.350. The van der Waals surface area contributed by atoms with Crippen molar-refractivity contribution in [2.45, 2.75) is 19.4 Å². The van der Waals surface area contributed by atoms with E-state index in [4.69, 9.17) is 9.72 Å². The smallest absolute Gasteiger partial charge is 0.343 e. The van der Waals surface area contributed by atoms with Crippen LogP contribution in [0.4, 0.5) is 10.2 Å². The highest BCUT2D eigenvalue weighted by Crippen LogP contribution is 2.57. The molecule has 3 atom stereocenters. The molecule has 1 saturated heterocycles. The third-order valence-corrected chi connectivity index (χ3v) is 5.48. The van der Waals surface area contributed by atoms with E-state index >= 15 is 0 Å². The zero-order chi connectivity index (χ0) is 18.5. The minimum absolute atomic E-state index is 0.106. The zero-order valence-electron chi connectivity index (χ0n) is 14.9. The number of piperidine rings is 1. The molecule has 6 nitrogen and oxygen atoms in total. The first-order chi connectivity index (χ1) is 13.2. The summed E-state index contributed by atoms with van der Waals surface area (Å²) in [5.74, 6) is 1.27. The van der Waals surface area contributed by atoms with E-state index in [9.17, 15) is 9.18 Å². The number of ether oxygens (including phenoxy) is 1. The molecule has 2 fully saturated rings. The quantitative estimate of drug-likeness (QED) is 0.664. The number of carbonyl (C=O) groups excluding carboxylic acids is 1. The van der Waals surface area contributed by atoms with Crippen molar-refractivity contribution in [3.8, 4) is 0 Å². The van der Waals surface area contributed by atoms with Crippen molar-refractivity contribution in [1.82, 2.24) is 14.6 Å². The summed E-state index contributed by atoms with van der Waals surface area (Å²) < 4.78 is 20.4. The summed E-state index contributed by atoms with van der Waals surface area (Å²) in [6.45, 7) is 2.95. The van der Waals surface area contributed by atoms with Crippen molar-refractivity contribution >= 4 is 17.4 Å². The Kier molecular flexibility index (Phi) is 3.63. The minimum Gasteiger partial charge on any atom is -0.462 e. The van der Waals surface area contributed by atoms with Gasteiger partial charge in [0.15, 0.2) is 5.65 Å². The number of rotatable bonds is 4. The summed E-state index contributed by atoms with van der Waals surface area (Å²) in [5.41, 5.74) is 1.80. The standard InChI is InChI=1S/C20H19FN4O2/c1-2-27-20(26)16-10-22-25-7-6-17(23-19(16)25)24-11-13-9-15(13)18(24)12-4-3-5-14(21)8-12/h3-8,10,13,15,18H,2,9,11H2,1H3. The lowest BCUT2D eigenvalue weighted by molar-refractivity contribution is 0.0528. The summed E-state index contributed by atoms with van der Waals surface area (Å²) in [4.78, 5) is 19.1. The van der Waals surface area contributed by atoms with E-state index < -0.39 is 5.97 Å². The summed E-state index contributed by atoms with van der Waals surface area (Å²) >= 11 is 0. The summed E-state index contributed by atoms with van der Waals surface area (Å²) in [6, 6.07) is 8.81. The molecule has 2 aliphatic rings. The SMILES string of the molecule is CCOC(=O)c1cnn2ccc(N3CC4CC4C3c3cccc(F)c3)nc12. The van der Waals surface area contributed by atoms with Gasteiger partial charge in [-0.25, -0.2) is 18.7 Å². The fourth-order valence-electron chi connectivity index (χ4n) is 4.19. The second-order valence-electron chi connectivity index (χ2n) is 7.14. The van der Waals surface area contributed by atoms with Crippen LogP contribution in [0.2, 0.25) is 0 Å². The van der Waals surface area contributed by atoms with Crippen LogP contribution >= 0.6 is 0 Å². The number of hydrogen-bond acceptors (Lipinski definition) is 5. The first kappa shape index (κ1) is 16.2. The van der Waals surface area contributed by atoms with Crippen LogP contribution in [0.1, 0.15) is 35.3 Å². The molecule has 1 aliphatic heterocycles. The fourth-order valence-corrected chi connectivity index (χ4v) is 4.19. The van der Waals surface area contributed by atoms with Gasteiger partial charge in [-0.15, -0.1) is 0 Å². The molecule has 0 radical (unpaired) electrons. The average molecular weight is 366 g/mol. The molecule has 1 aromatic carbocycles. The maximum Gasteiger partial charge on any atom is 0.343 e. The highest BCUT2D eigenvalue weighted by atomic mass is 19.1. The van der Waals surface area contributed by atoms with Gasteiger partial charge in [0, 0.05) is 12.7 Å². The van der Waals surface area contributed by atoms with Gasteiger partial charge in [-0.05, 0) is 48.9 Å². The summed E-state index contributed by atoms with van der Waals surface area (Å²) in [7, 11) is 0. The van der Waals surface area contributed by atoms with Gasteiger partial charge >= 0.3 is 5.97 Å². The van der Waals surface area contributed by atoms with E-state index in [2.05, 4.69) is 10.00 Å². The van der Waals surface area contributed by atoms with Crippen LogP contribution in [0.3, 0.4) is 0 Å². The van der Waals surface area contributed by atoms with Crippen molar-refractivity contribution in [2.24, 2.45) is 11.8 Å². The Morgan fingerprint density at radius 2 is 2.26 bits per heavy atom. The Labute approximate surface area is 155 Å². The normalized spacial score (nSPS) is 23.5. The third kappa shape index (κ3) is 2.65. The van der Waals surface area contributed by atoms with Crippen LogP contribution in [0.5, 0.6) is 0 Å². The Hall–Kier alpha value is -2.96. The van der Waals surface area contributed by atoms with Crippen LogP contribution in [-0.4, -0.2) is 33.7 Å². The molecule has 5 rings (SSSR count). The van der Waals surface area contributed by atoms with Crippen molar-refractivity contribution in [3.63, 3.8) is 0 Å². The molecule has 0 spiro atoms. The summed E-state index contributed by atoms with van der Waals surface area (Å²) in [5, 5.41) is 4.19. The Morgan fingerprint density at radius 3 is 3.07 bits per heavy atom. The topological polar surface area (TPSA) is 59.7 Å². The molecule has 27 heavy (non-hydrogen) atoms. The number of anilines is 1. The molecule has 0 bridgehead atoms. The van der Waals surface area contributed by atoms with Gasteiger partial charge < -0.3 is 9.64 Å². The molecular weight excluding hydrogens is 347 g/mol. The molecule has 0 amide bonds. The number of nitrogens with zero attached hydrogens (tertiary/aromatic N) is 4. The van der Waals surface area contributed by atoms with Gasteiger partial charge in [-0.3, -0.25) is 0 Å². The van der Waals surface area contributed by atoms with Crippen LogP contribution in [0.25, 0.3) is 5.65 Å². The molecule has 1 saturated carbocycles. The van der Waals surface area contributed by atoms with E-state index in [1.54, 1.807) is 29.8 Å². The number of esters is 1. The van der Waals surface area contributed by atoms with Gasteiger partial charge in [-0.1, -0.05) is 12.1 Å². The molecule has 2 aromatic heterocycles.